The number of pyridine rings is 1. The van der Waals surface area contributed by atoms with E-state index in [0.717, 1.165) is 17.3 Å². The van der Waals surface area contributed by atoms with Crippen LogP contribution in [0.1, 0.15) is 47.6 Å². The topological polar surface area (TPSA) is 144 Å². The average Bonchev–Trinajstić information content (AvgIpc) is 3.97. The summed E-state index contributed by atoms with van der Waals surface area (Å²) in [6.45, 7) is 0.268. The van der Waals surface area contributed by atoms with Gasteiger partial charge in [-0.05, 0) is 90.0 Å². The predicted octanol–water partition coefficient (Wildman–Crippen LogP) is 6.17. The van der Waals surface area contributed by atoms with Crippen LogP contribution in [0, 0.1) is 5.82 Å². The second-order valence-electron chi connectivity index (χ2n) is 12.8. The molecule has 2 amide bonds. The lowest BCUT2D eigenvalue weighted by Gasteiger charge is -2.28. The number of nitrogens with zero attached hydrogens (tertiary/aromatic N) is 2. The Morgan fingerprint density at radius 3 is 2.54 bits per heavy atom. The van der Waals surface area contributed by atoms with Crippen LogP contribution in [0.4, 0.5) is 21.6 Å². The molecule has 2 heterocycles. The quantitative estimate of drug-likeness (QED) is 0.184. The lowest BCUT2D eigenvalue weighted by molar-refractivity contribution is -0.131. The summed E-state index contributed by atoms with van der Waals surface area (Å²) in [5, 5.41) is 6.42. The number of nitrogen functional groups attached to an aromatic ring is 1. The summed E-state index contributed by atoms with van der Waals surface area (Å²) in [4.78, 5) is 33.2. The van der Waals surface area contributed by atoms with Crippen molar-refractivity contribution in [3.8, 4) is 5.75 Å². The monoisotopic (exact) mass is 693 g/mol. The molecule has 1 fully saturated rings. The molecule has 0 radical (unpaired) electrons. The van der Waals surface area contributed by atoms with Gasteiger partial charge >= 0.3 is 0 Å². The first-order valence-corrected chi connectivity index (χ1v) is 17.9. The zero-order chi connectivity index (χ0) is 35.0. The van der Waals surface area contributed by atoms with Gasteiger partial charge in [-0.2, -0.15) is 0 Å². The zero-order valence-electron chi connectivity index (χ0n) is 27.4. The van der Waals surface area contributed by atoms with Gasteiger partial charge in [0.25, 0.3) is 0 Å². The molecule has 12 heteroatoms. The van der Waals surface area contributed by atoms with E-state index in [1.807, 2.05) is 36.4 Å². The molecule has 1 aliphatic carbocycles. The van der Waals surface area contributed by atoms with Gasteiger partial charge in [-0.1, -0.05) is 36.4 Å². The fourth-order valence-electron chi connectivity index (χ4n) is 6.27. The number of carbonyl (C=O) groups excluding carboxylic acids is 2. The van der Waals surface area contributed by atoms with Crippen molar-refractivity contribution < 1.29 is 27.1 Å². The summed E-state index contributed by atoms with van der Waals surface area (Å²) in [5.74, 6) is -0.413. The van der Waals surface area contributed by atoms with E-state index >= 15 is 0 Å². The first-order valence-electron chi connectivity index (χ1n) is 16.4. The van der Waals surface area contributed by atoms with E-state index in [9.17, 15) is 22.4 Å². The Morgan fingerprint density at radius 2 is 1.76 bits per heavy atom. The van der Waals surface area contributed by atoms with Crippen molar-refractivity contribution in [1.29, 1.82) is 0 Å². The van der Waals surface area contributed by atoms with Crippen LogP contribution in [0.3, 0.4) is 0 Å². The summed E-state index contributed by atoms with van der Waals surface area (Å²) in [6.07, 6.45) is 2.63. The van der Waals surface area contributed by atoms with E-state index < -0.39 is 26.9 Å². The third-order valence-electron chi connectivity index (χ3n) is 9.10. The number of sulfone groups is 1. The van der Waals surface area contributed by atoms with Crippen LogP contribution in [0.2, 0.25) is 0 Å². The lowest BCUT2D eigenvalue weighted by atomic mass is 9.98. The number of fused-ring (bicyclic) bond motifs is 5. The van der Waals surface area contributed by atoms with Gasteiger partial charge in [0.2, 0.25) is 11.8 Å². The SMILES string of the molecule is CN1Cc2cc(ccc2S(=O)(=O)C2CC2)NC(=O)CCc2cc(ccc2OCc2ccccc2)[C@@H](Nc2ccc3c(N)ncc(F)c3c2)C1=O. The molecule has 7 rings (SSSR count). The summed E-state index contributed by atoms with van der Waals surface area (Å²) in [7, 11) is -2.02. The molecule has 10 nitrogen and oxygen atoms in total. The normalized spacial score (nSPS) is 16.8. The molecular formula is C38H36FN5O5S. The molecule has 4 N–H and O–H groups in total. The average molecular weight is 694 g/mol. The third kappa shape index (κ3) is 6.84. The van der Waals surface area contributed by atoms with Crippen molar-refractivity contribution in [3.05, 3.63) is 119 Å². The van der Waals surface area contributed by atoms with Gasteiger partial charge in [-0.15, -0.1) is 0 Å². The molecule has 256 valence electrons. The number of hydrogen-bond acceptors (Lipinski definition) is 8. The van der Waals surface area contributed by atoms with Crippen LogP contribution in [0.15, 0.2) is 96.0 Å². The van der Waals surface area contributed by atoms with Gasteiger partial charge in [0, 0.05) is 42.2 Å². The molecule has 4 aromatic carbocycles. The summed E-state index contributed by atoms with van der Waals surface area (Å²) >= 11 is 0. The molecule has 5 aromatic rings. The number of aromatic nitrogens is 1. The van der Waals surface area contributed by atoms with Gasteiger partial charge in [0.1, 0.15) is 30.0 Å². The van der Waals surface area contributed by atoms with Crippen molar-refractivity contribution in [2.24, 2.45) is 0 Å². The highest BCUT2D eigenvalue weighted by Gasteiger charge is 2.38. The van der Waals surface area contributed by atoms with Gasteiger partial charge in [-0.25, -0.2) is 17.8 Å². The molecule has 0 unspecified atom stereocenters. The minimum absolute atomic E-state index is 0.0400. The number of hydrogen-bond donors (Lipinski definition) is 3. The first-order chi connectivity index (χ1) is 24.1. The van der Waals surface area contributed by atoms with Crippen molar-refractivity contribution in [2.45, 2.75) is 55.0 Å². The molecule has 50 heavy (non-hydrogen) atoms. The van der Waals surface area contributed by atoms with Crippen LogP contribution in [-0.4, -0.2) is 42.4 Å². The Hall–Kier alpha value is -5.49. The molecule has 0 saturated heterocycles. The Morgan fingerprint density at radius 1 is 0.960 bits per heavy atom. The van der Waals surface area contributed by atoms with Crippen LogP contribution >= 0.6 is 0 Å². The number of anilines is 3. The number of rotatable bonds is 7. The second kappa shape index (κ2) is 13.4. The fourth-order valence-corrected chi connectivity index (χ4v) is 8.13. The maximum atomic E-state index is 14.9. The van der Waals surface area contributed by atoms with E-state index in [4.69, 9.17) is 10.5 Å². The Labute approximate surface area is 289 Å². The van der Waals surface area contributed by atoms with Crippen molar-refractivity contribution in [3.63, 3.8) is 0 Å². The van der Waals surface area contributed by atoms with Gasteiger partial charge < -0.3 is 26.0 Å². The number of amides is 2. The number of benzene rings is 4. The van der Waals surface area contributed by atoms with Crippen molar-refractivity contribution >= 4 is 49.6 Å². The zero-order valence-corrected chi connectivity index (χ0v) is 28.2. The Bertz CT molecular complexity index is 2230. The van der Waals surface area contributed by atoms with E-state index in [0.29, 0.717) is 59.5 Å². The molecule has 4 bridgehead atoms. The van der Waals surface area contributed by atoms with Crippen molar-refractivity contribution in [1.82, 2.24) is 9.88 Å². The minimum atomic E-state index is -3.62. The number of ether oxygens (including phenoxy) is 1. The Balaban J connectivity index is 1.30. The van der Waals surface area contributed by atoms with Gasteiger partial charge in [0.05, 0.1) is 16.3 Å². The molecule has 1 atom stereocenters. The number of halogens is 1. The molecule has 1 saturated carbocycles. The lowest BCUT2D eigenvalue weighted by Crippen LogP contribution is -2.35. The molecule has 2 aliphatic rings. The van der Waals surface area contributed by atoms with Crippen LogP contribution in [-0.2, 0) is 39.0 Å². The highest BCUT2D eigenvalue weighted by Crippen LogP contribution is 2.37. The largest absolute Gasteiger partial charge is 0.489 e. The number of likely N-dealkylation sites (N-methyl/N-ethyl adjacent to an activating group) is 1. The van der Waals surface area contributed by atoms with Gasteiger partial charge in [-0.3, -0.25) is 9.59 Å². The summed E-state index contributed by atoms with van der Waals surface area (Å²) in [5.41, 5.74) is 9.58. The van der Waals surface area contributed by atoms with E-state index in [1.165, 1.54) is 11.0 Å². The molecule has 1 aliphatic heterocycles. The second-order valence-corrected chi connectivity index (χ2v) is 15.0. The first kappa shape index (κ1) is 33.0. The number of carbonyl (C=O) groups is 2. The minimum Gasteiger partial charge on any atom is -0.489 e. The Kier molecular flexibility index (Phi) is 8.87. The molecule has 0 spiro atoms. The standard InChI is InChI=1S/C38H36FN5O5S/c1-44-21-26-18-27(10-15-34(26)50(47,48)29-11-12-29)42-35(45)16-8-24-17-25(7-14-33(24)49-22-23-5-3-2-4-6-23)36(38(44)46)43-28-9-13-30-31(19-28)32(39)20-41-37(30)40/h2-7,9-10,13-15,17-20,29,36,43H,8,11-12,16,21-22H2,1H3,(H2,40,41)(H,42,45)/t36-/m1/s1. The van der Waals surface area contributed by atoms with E-state index in [2.05, 4.69) is 15.6 Å². The summed E-state index contributed by atoms with van der Waals surface area (Å²) in [6, 6.07) is 23.8. The van der Waals surface area contributed by atoms with Crippen LogP contribution < -0.4 is 21.1 Å². The third-order valence-corrected chi connectivity index (χ3v) is 11.5. The van der Waals surface area contributed by atoms with Gasteiger partial charge in [0.15, 0.2) is 9.84 Å². The van der Waals surface area contributed by atoms with E-state index in [-0.39, 0.29) is 40.9 Å². The highest BCUT2D eigenvalue weighted by atomic mass is 32.2. The number of aryl methyl sites for hydroxylation is 1. The van der Waals surface area contributed by atoms with Crippen LogP contribution in [0.25, 0.3) is 10.8 Å². The van der Waals surface area contributed by atoms with E-state index in [1.54, 1.807) is 49.5 Å². The predicted molar refractivity (Wildman–Crippen MR) is 190 cm³/mol. The highest BCUT2D eigenvalue weighted by molar-refractivity contribution is 7.92. The van der Waals surface area contributed by atoms with Crippen molar-refractivity contribution in [2.75, 3.05) is 23.4 Å². The molecular weight excluding hydrogens is 658 g/mol. The number of nitrogens with one attached hydrogen (secondary N) is 2. The maximum absolute atomic E-state index is 14.9. The number of nitrogens with two attached hydrogens (primary N) is 1. The fraction of sp³-hybridized carbons (Fsp3) is 0.237. The molecule has 1 aromatic heterocycles. The maximum Gasteiger partial charge on any atom is 0.249 e. The summed E-state index contributed by atoms with van der Waals surface area (Å²) < 4.78 is 48.0. The smallest absolute Gasteiger partial charge is 0.249 e. The van der Waals surface area contributed by atoms with Crippen LogP contribution in [0.5, 0.6) is 5.75 Å².